The van der Waals surface area contributed by atoms with E-state index in [9.17, 15) is 9.90 Å². The first-order valence-electron chi connectivity index (χ1n) is 6.47. The lowest BCUT2D eigenvalue weighted by Gasteiger charge is -2.18. The number of aliphatic hydroxyl groups is 1. The van der Waals surface area contributed by atoms with Crippen molar-refractivity contribution in [2.45, 2.75) is 38.7 Å². The third-order valence-electron chi connectivity index (χ3n) is 4.73. The van der Waals surface area contributed by atoms with Gasteiger partial charge in [0, 0.05) is 12.5 Å². The summed E-state index contributed by atoms with van der Waals surface area (Å²) in [5, 5.41) is 12.5. The Morgan fingerprint density at radius 3 is 2.38 bits per heavy atom. The summed E-state index contributed by atoms with van der Waals surface area (Å²) in [7, 11) is 0. The quantitative estimate of drug-likeness (QED) is 0.754. The molecule has 90 valence electrons. The van der Waals surface area contributed by atoms with Crippen molar-refractivity contribution in [3.05, 3.63) is 0 Å². The van der Waals surface area contributed by atoms with Crippen LogP contribution < -0.4 is 5.32 Å². The molecule has 3 nitrogen and oxygen atoms in total. The van der Waals surface area contributed by atoms with E-state index in [4.69, 9.17) is 0 Å². The van der Waals surface area contributed by atoms with Crippen molar-refractivity contribution in [3.8, 4) is 0 Å². The number of hydrogen-bond acceptors (Lipinski definition) is 2. The molecule has 0 radical (unpaired) electrons. The number of carbonyl (C=O) groups excluding carboxylic acids is 1. The molecule has 0 aliphatic heterocycles. The lowest BCUT2D eigenvalue weighted by Crippen LogP contribution is -2.39. The highest BCUT2D eigenvalue weighted by atomic mass is 16.3. The maximum absolute atomic E-state index is 12.0. The zero-order chi connectivity index (χ0) is 11.5. The van der Waals surface area contributed by atoms with Gasteiger partial charge in [0.05, 0.1) is 5.60 Å². The zero-order valence-electron chi connectivity index (χ0n) is 10.1. The Labute approximate surface area is 96.6 Å². The summed E-state index contributed by atoms with van der Waals surface area (Å²) in [5.41, 5.74) is -0.793. The molecular weight excluding hydrogens is 202 g/mol. The van der Waals surface area contributed by atoms with Gasteiger partial charge >= 0.3 is 0 Å². The zero-order valence-corrected chi connectivity index (χ0v) is 10.1. The average Bonchev–Trinajstić information content (AvgIpc) is 2.63. The van der Waals surface area contributed by atoms with Gasteiger partial charge in [-0.3, -0.25) is 4.79 Å². The van der Waals surface area contributed by atoms with Gasteiger partial charge in [0.25, 0.3) is 0 Å². The minimum Gasteiger partial charge on any atom is -0.389 e. The number of amides is 1. The van der Waals surface area contributed by atoms with E-state index in [2.05, 4.69) is 5.32 Å². The van der Waals surface area contributed by atoms with Gasteiger partial charge in [0.1, 0.15) is 0 Å². The molecule has 16 heavy (non-hydrogen) atoms. The third kappa shape index (κ3) is 1.56. The SMILES string of the molecule is CC(C)(O)CNC(=O)C1C2C3CCC(C3)C12. The Hall–Kier alpha value is -0.570. The van der Waals surface area contributed by atoms with Crippen LogP contribution in [0, 0.1) is 29.6 Å². The van der Waals surface area contributed by atoms with Crippen molar-refractivity contribution in [1.82, 2.24) is 5.32 Å². The molecule has 3 saturated carbocycles. The van der Waals surface area contributed by atoms with Gasteiger partial charge in [-0.2, -0.15) is 0 Å². The standard InChI is InChI=1S/C13H21NO2/c1-13(2,16)6-14-12(15)11-9-7-3-4-8(5-7)10(9)11/h7-11,16H,3-6H2,1-2H3,(H,14,15). The minimum absolute atomic E-state index is 0.189. The Bertz CT molecular complexity index is 304. The Morgan fingerprint density at radius 1 is 1.31 bits per heavy atom. The van der Waals surface area contributed by atoms with Crippen LogP contribution in [0.3, 0.4) is 0 Å². The van der Waals surface area contributed by atoms with Crippen molar-refractivity contribution in [2.24, 2.45) is 29.6 Å². The summed E-state index contributed by atoms with van der Waals surface area (Å²) < 4.78 is 0. The van der Waals surface area contributed by atoms with E-state index in [0.717, 1.165) is 11.8 Å². The molecule has 0 spiro atoms. The maximum Gasteiger partial charge on any atom is 0.223 e. The van der Waals surface area contributed by atoms with Crippen LogP contribution in [0.4, 0.5) is 0 Å². The molecule has 2 bridgehead atoms. The molecule has 0 heterocycles. The first-order chi connectivity index (χ1) is 7.47. The molecule has 0 aromatic heterocycles. The van der Waals surface area contributed by atoms with Crippen molar-refractivity contribution in [2.75, 3.05) is 6.54 Å². The van der Waals surface area contributed by atoms with E-state index >= 15 is 0 Å². The van der Waals surface area contributed by atoms with Gasteiger partial charge in [0.2, 0.25) is 5.91 Å². The van der Waals surface area contributed by atoms with E-state index in [0.29, 0.717) is 18.4 Å². The highest BCUT2D eigenvalue weighted by Crippen LogP contribution is 2.69. The van der Waals surface area contributed by atoms with Gasteiger partial charge in [-0.15, -0.1) is 0 Å². The van der Waals surface area contributed by atoms with Gasteiger partial charge in [-0.25, -0.2) is 0 Å². The summed E-state index contributed by atoms with van der Waals surface area (Å²) in [5.74, 6) is 3.55. The van der Waals surface area contributed by atoms with Crippen molar-refractivity contribution >= 4 is 5.91 Å². The van der Waals surface area contributed by atoms with Crippen LogP contribution in [0.1, 0.15) is 33.1 Å². The molecule has 3 rings (SSSR count). The molecule has 0 aromatic carbocycles. The fourth-order valence-electron chi connectivity index (χ4n) is 4.10. The van der Waals surface area contributed by atoms with E-state index in [1.165, 1.54) is 19.3 Å². The van der Waals surface area contributed by atoms with E-state index < -0.39 is 5.60 Å². The molecule has 3 aliphatic carbocycles. The van der Waals surface area contributed by atoms with Crippen molar-refractivity contribution in [1.29, 1.82) is 0 Å². The highest BCUT2D eigenvalue weighted by molar-refractivity contribution is 5.82. The van der Waals surface area contributed by atoms with Gasteiger partial charge < -0.3 is 10.4 Å². The fraction of sp³-hybridized carbons (Fsp3) is 0.923. The van der Waals surface area contributed by atoms with Crippen LogP contribution in [-0.2, 0) is 4.79 Å². The number of rotatable bonds is 3. The minimum atomic E-state index is -0.793. The summed E-state index contributed by atoms with van der Waals surface area (Å²) in [4.78, 5) is 12.0. The molecule has 2 N–H and O–H groups in total. The van der Waals surface area contributed by atoms with E-state index in [-0.39, 0.29) is 11.8 Å². The normalized spacial score (nSPS) is 44.3. The van der Waals surface area contributed by atoms with E-state index in [1.807, 2.05) is 0 Å². The summed E-state index contributed by atoms with van der Waals surface area (Å²) in [6.45, 7) is 3.83. The average molecular weight is 223 g/mol. The van der Waals surface area contributed by atoms with Crippen LogP contribution in [0.5, 0.6) is 0 Å². The van der Waals surface area contributed by atoms with Gasteiger partial charge in [0.15, 0.2) is 0 Å². The van der Waals surface area contributed by atoms with Crippen molar-refractivity contribution in [3.63, 3.8) is 0 Å². The summed E-state index contributed by atoms with van der Waals surface area (Å²) in [6, 6.07) is 0. The molecular formula is C13H21NO2. The van der Waals surface area contributed by atoms with Crippen LogP contribution in [0.2, 0.25) is 0 Å². The highest BCUT2D eigenvalue weighted by Gasteiger charge is 2.67. The lowest BCUT2D eigenvalue weighted by atomic mass is 10.0. The first kappa shape index (κ1) is 10.6. The molecule has 4 atom stereocenters. The molecule has 0 saturated heterocycles. The predicted octanol–water partition coefficient (Wildman–Crippen LogP) is 1.17. The lowest BCUT2D eigenvalue weighted by molar-refractivity contribution is -0.124. The maximum atomic E-state index is 12.0. The Morgan fingerprint density at radius 2 is 1.88 bits per heavy atom. The summed E-state index contributed by atoms with van der Waals surface area (Å²) in [6.07, 6.45) is 4.08. The molecule has 3 fully saturated rings. The van der Waals surface area contributed by atoms with Gasteiger partial charge in [-0.1, -0.05) is 0 Å². The van der Waals surface area contributed by atoms with Crippen LogP contribution in [0.15, 0.2) is 0 Å². The summed E-state index contributed by atoms with van der Waals surface area (Å²) >= 11 is 0. The molecule has 4 unspecified atom stereocenters. The van der Waals surface area contributed by atoms with Crippen LogP contribution in [-0.4, -0.2) is 23.2 Å². The monoisotopic (exact) mass is 223 g/mol. The van der Waals surface area contributed by atoms with Gasteiger partial charge in [-0.05, 0) is 56.8 Å². The number of hydrogen-bond donors (Lipinski definition) is 2. The number of fused-ring (bicyclic) bond motifs is 5. The van der Waals surface area contributed by atoms with Crippen LogP contribution in [0.25, 0.3) is 0 Å². The number of nitrogens with one attached hydrogen (secondary N) is 1. The van der Waals surface area contributed by atoms with E-state index in [1.54, 1.807) is 13.8 Å². The molecule has 0 aromatic rings. The first-order valence-corrected chi connectivity index (χ1v) is 6.47. The Balaban J connectivity index is 1.55. The second-order valence-electron chi connectivity index (χ2n) is 6.54. The fourth-order valence-corrected chi connectivity index (χ4v) is 4.10. The largest absolute Gasteiger partial charge is 0.389 e. The van der Waals surface area contributed by atoms with Crippen LogP contribution >= 0.6 is 0 Å². The smallest absolute Gasteiger partial charge is 0.223 e. The second kappa shape index (κ2) is 3.22. The molecule has 3 aliphatic rings. The molecule has 1 amide bonds. The molecule has 3 heteroatoms. The topological polar surface area (TPSA) is 49.3 Å². The van der Waals surface area contributed by atoms with Crippen molar-refractivity contribution < 1.29 is 9.90 Å². The third-order valence-corrected chi connectivity index (χ3v) is 4.73. The predicted molar refractivity (Wildman–Crippen MR) is 60.6 cm³/mol. The number of carbonyl (C=O) groups is 1. The Kier molecular flexibility index (Phi) is 2.13. The second-order valence-corrected chi connectivity index (χ2v) is 6.54.